The largest absolute Gasteiger partial charge is 0.396 e. The molecule has 0 aliphatic rings. The Bertz CT molecular complexity index is 1180. The summed E-state index contributed by atoms with van der Waals surface area (Å²) in [5.74, 6) is 0.932. The lowest BCUT2D eigenvalue weighted by Crippen LogP contribution is -2.11. The lowest BCUT2D eigenvalue weighted by Gasteiger charge is -2.12. The van der Waals surface area contributed by atoms with Crippen LogP contribution in [0.5, 0.6) is 0 Å². The number of nitrogens with zero attached hydrogens (tertiary/aromatic N) is 2. The Morgan fingerprint density at radius 1 is 1.03 bits per heavy atom. The maximum Gasteiger partial charge on any atom is 0.149 e. The summed E-state index contributed by atoms with van der Waals surface area (Å²) < 4.78 is 14.6. The fourth-order valence-electron chi connectivity index (χ4n) is 3.26. The number of rotatable bonds is 6. The molecule has 4 rings (SSSR count). The average Bonchev–Trinajstić information content (AvgIpc) is 3.18. The fraction of sp³-hybridized carbons (Fsp3) is 0.167. The number of hydrogen-bond acceptors (Lipinski definition) is 4. The number of aromatic amines is 1. The summed E-state index contributed by atoms with van der Waals surface area (Å²) in [6, 6.07) is 17.9. The number of aromatic nitrogens is 3. The molecule has 31 heavy (non-hydrogen) atoms. The number of halogens is 2. The van der Waals surface area contributed by atoms with E-state index in [0.29, 0.717) is 40.3 Å². The molecule has 0 atom stereocenters. The molecule has 0 unspecified atom stereocenters. The summed E-state index contributed by atoms with van der Waals surface area (Å²) in [7, 11) is 0. The molecule has 0 radical (unpaired) electrons. The third kappa shape index (κ3) is 4.39. The van der Waals surface area contributed by atoms with Crippen molar-refractivity contribution >= 4 is 23.1 Å². The van der Waals surface area contributed by atoms with Gasteiger partial charge in [-0.3, -0.25) is 0 Å². The van der Waals surface area contributed by atoms with Crippen LogP contribution in [0.25, 0.3) is 34.0 Å². The molecule has 0 fully saturated rings. The SMILES string of the molecule is CC(C)CNc1nc(-c2[nH]c(-c3c(F)cccc3Cl)nc2-c2ccccc2)ccc1N. The van der Waals surface area contributed by atoms with Crippen molar-refractivity contribution in [2.75, 3.05) is 17.6 Å². The lowest BCUT2D eigenvalue weighted by atomic mass is 10.1. The predicted octanol–water partition coefficient (Wildman–Crippen LogP) is 6.25. The molecule has 0 spiro atoms. The summed E-state index contributed by atoms with van der Waals surface area (Å²) in [6.07, 6.45) is 0. The standard InChI is InChI=1S/C24H23ClFN5/c1-14(2)13-28-23-18(27)11-12-19(29-23)22-21(15-7-4-3-5-8-15)30-24(31-22)20-16(25)9-6-10-17(20)26/h3-12,14H,13,27H2,1-2H3,(H,28,29)(H,30,31). The van der Waals surface area contributed by atoms with Gasteiger partial charge in [0.1, 0.15) is 17.5 Å². The summed E-state index contributed by atoms with van der Waals surface area (Å²) in [4.78, 5) is 12.7. The summed E-state index contributed by atoms with van der Waals surface area (Å²) >= 11 is 6.29. The number of benzene rings is 2. The highest BCUT2D eigenvalue weighted by atomic mass is 35.5. The first-order chi connectivity index (χ1) is 14.9. The summed E-state index contributed by atoms with van der Waals surface area (Å²) in [6.45, 7) is 4.96. The fourth-order valence-corrected chi connectivity index (χ4v) is 3.51. The zero-order chi connectivity index (χ0) is 22.0. The number of hydrogen-bond donors (Lipinski definition) is 3. The van der Waals surface area contributed by atoms with Crippen LogP contribution in [0, 0.1) is 11.7 Å². The molecule has 0 saturated carbocycles. The molecule has 0 aliphatic carbocycles. The molecule has 2 aromatic carbocycles. The second kappa shape index (κ2) is 8.78. The molecule has 4 N–H and O–H groups in total. The number of nitrogens with two attached hydrogens (primary N) is 1. The van der Waals surface area contributed by atoms with Crippen molar-refractivity contribution in [1.29, 1.82) is 0 Å². The van der Waals surface area contributed by atoms with Gasteiger partial charge in [-0.05, 0) is 30.2 Å². The van der Waals surface area contributed by atoms with E-state index in [9.17, 15) is 4.39 Å². The Morgan fingerprint density at radius 3 is 2.52 bits per heavy atom. The Hall–Kier alpha value is -3.38. The third-order valence-electron chi connectivity index (χ3n) is 4.81. The van der Waals surface area contributed by atoms with Crippen LogP contribution in [0.3, 0.4) is 0 Å². The van der Waals surface area contributed by atoms with Gasteiger partial charge in [0.15, 0.2) is 0 Å². The molecule has 158 valence electrons. The molecule has 7 heteroatoms. The predicted molar refractivity (Wildman–Crippen MR) is 125 cm³/mol. The van der Waals surface area contributed by atoms with Crippen LogP contribution in [0.2, 0.25) is 5.02 Å². The van der Waals surface area contributed by atoms with E-state index < -0.39 is 5.82 Å². The molecule has 0 amide bonds. The van der Waals surface area contributed by atoms with Crippen molar-refractivity contribution in [2.45, 2.75) is 13.8 Å². The van der Waals surface area contributed by atoms with E-state index in [1.165, 1.54) is 6.07 Å². The summed E-state index contributed by atoms with van der Waals surface area (Å²) in [5.41, 5.74) is 9.74. The van der Waals surface area contributed by atoms with Crippen molar-refractivity contribution in [2.24, 2.45) is 5.92 Å². The van der Waals surface area contributed by atoms with E-state index in [2.05, 4.69) is 24.1 Å². The van der Waals surface area contributed by atoms with Gasteiger partial charge in [-0.1, -0.05) is 61.8 Å². The smallest absolute Gasteiger partial charge is 0.149 e. The molecular weight excluding hydrogens is 413 g/mol. The van der Waals surface area contributed by atoms with Crippen LogP contribution >= 0.6 is 11.6 Å². The number of imidazole rings is 1. The van der Waals surface area contributed by atoms with E-state index in [-0.39, 0.29) is 10.6 Å². The number of nitrogens with one attached hydrogen (secondary N) is 2. The molecule has 5 nitrogen and oxygen atoms in total. The van der Waals surface area contributed by atoms with Crippen molar-refractivity contribution in [1.82, 2.24) is 15.0 Å². The molecular formula is C24H23ClFN5. The molecule has 0 bridgehead atoms. The second-order valence-electron chi connectivity index (χ2n) is 7.68. The van der Waals surface area contributed by atoms with Gasteiger partial charge in [-0.2, -0.15) is 0 Å². The van der Waals surface area contributed by atoms with Gasteiger partial charge in [0, 0.05) is 12.1 Å². The molecule has 0 saturated heterocycles. The van der Waals surface area contributed by atoms with Crippen LogP contribution in [0.4, 0.5) is 15.9 Å². The molecule has 2 heterocycles. The molecule has 0 aliphatic heterocycles. The highest BCUT2D eigenvalue weighted by Crippen LogP contribution is 2.36. The van der Waals surface area contributed by atoms with Gasteiger partial charge < -0.3 is 16.0 Å². The first kappa shape index (κ1) is 20.9. The van der Waals surface area contributed by atoms with Crippen LogP contribution in [0.1, 0.15) is 13.8 Å². The highest BCUT2D eigenvalue weighted by molar-refractivity contribution is 6.33. The maximum atomic E-state index is 14.6. The average molecular weight is 436 g/mol. The quantitative estimate of drug-likeness (QED) is 0.334. The van der Waals surface area contributed by atoms with E-state index in [1.807, 2.05) is 36.4 Å². The second-order valence-corrected chi connectivity index (χ2v) is 8.09. The van der Waals surface area contributed by atoms with E-state index in [0.717, 1.165) is 12.1 Å². The van der Waals surface area contributed by atoms with Crippen molar-refractivity contribution < 1.29 is 4.39 Å². The minimum absolute atomic E-state index is 0.223. The van der Waals surface area contributed by atoms with Crippen LogP contribution < -0.4 is 11.1 Å². The lowest BCUT2D eigenvalue weighted by molar-refractivity contribution is 0.630. The number of pyridine rings is 1. The molecule has 2 aromatic heterocycles. The Morgan fingerprint density at radius 2 is 1.81 bits per heavy atom. The highest BCUT2D eigenvalue weighted by Gasteiger charge is 2.20. The number of H-pyrrole nitrogens is 1. The van der Waals surface area contributed by atoms with Gasteiger partial charge in [0.25, 0.3) is 0 Å². The van der Waals surface area contributed by atoms with Crippen LogP contribution in [0.15, 0.2) is 60.7 Å². The van der Waals surface area contributed by atoms with Crippen molar-refractivity contribution in [3.63, 3.8) is 0 Å². The Kier molecular flexibility index (Phi) is 5.91. The normalized spacial score (nSPS) is 11.1. The van der Waals surface area contributed by atoms with Crippen LogP contribution in [-0.4, -0.2) is 21.5 Å². The first-order valence-corrected chi connectivity index (χ1v) is 10.4. The van der Waals surface area contributed by atoms with E-state index in [1.54, 1.807) is 18.2 Å². The maximum absolute atomic E-state index is 14.6. The topological polar surface area (TPSA) is 79.6 Å². The van der Waals surface area contributed by atoms with E-state index in [4.69, 9.17) is 27.3 Å². The van der Waals surface area contributed by atoms with Gasteiger partial charge in [-0.25, -0.2) is 14.4 Å². The minimum Gasteiger partial charge on any atom is -0.396 e. The minimum atomic E-state index is -0.447. The van der Waals surface area contributed by atoms with Gasteiger partial charge in [0.2, 0.25) is 0 Å². The van der Waals surface area contributed by atoms with Gasteiger partial charge in [0.05, 0.1) is 33.4 Å². The zero-order valence-corrected chi connectivity index (χ0v) is 18.0. The summed E-state index contributed by atoms with van der Waals surface area (Å²) in [5, 5.41) is 3.57. The first-order valence-electron chi connectivity index (χ1n) is 10.0. The Labute approximate surface area is 185 Å². The Balaban J connectivity index is 1.87. The van der Waals surface area contributed by atoms with Crippen LogP contribution in [-0.2, 0) is 0 Å². The monoisotopic (exact) mass is 435 g/mol. The molecule has 4 aromatic rings. The number of anilines is 2. The number of nitrogen functional groups attached to an aromatic ring is 1. The van der Waals surface area contributed by atoms with Gasteiger partial charge in [-0.15, -0.1) is 0 Å². The van der Waals surface area contributed by atoms with Crippen molar-refractivity contribution in [3.8, 4) is 34.0 Å². The van der Waals surface area contributed by atoms with E-state index >= 15 is 0 Å². The third-order valence-corrected chi connectivity index (χ3v) is 5.13. The van der Waals surface area contributed by atoms with Gasteiger partial charge >= 0.3 is 0 Å². The van der Waals surface area contributed by atoms with Crippen molar-refractivity contribution in [3.05, 3.63) is 71.5 Å². The zero-order valence-electron chi connectivity index (χ0n) is 17.3.